The fraction of sp³-hybridized carbons (Fsp3) is 0.385. The van der Waals surface area contributed by atoms with Crippen molar-refractivity contribution in [1.29, 1.82) is 0 Å². The molecule has 0 amide bonds. The summed E-state index contributed by atoms with van der Waals surface area (Å²) < 4.78 is 23.7. The van der Waals surface area contributed by atoms with Crippen LogP contribution in [-0.4, -0.2) is 26.4 Å². The molecule has 0 radical (unpaired) electrons. The molecule has 1 unspecified atom stereocenters. The fourth-order valence-electron chi connectivity index (χ4n) is 1.15. The van der Waals surface area contributed by atoms with Crippen LogP contribution in [0.5, 0.6) is 5.75 Å². The molecule has 0 fully saturated rings. The molecule has 1 rings (SSSR count). The molecule has 17 heavy (non-hydrogen) atoms. The van der Waals surface area contributed by atoms with Crippen molar-refractivity contribution in [3.8, 4) is 17.6 Å². The van der Waals surface area contributed by atoms with Crippen molar-refractivity contribution < 1.29 is 13.9 Å². The highest BCUT2D eigenvalue weighted by Gasteiger charge is 2.03. The largest absolute Gasteiger partial charge is 0.491 e. The second-order valence-corrected chi connectivity index (χ2v) is 3.54. The van der Waals surface area contributed by atoms with Crippen LogP contribution >= 0.6 is 0 Å². The molecular formula is C13H16FNO2. The molecule has 1 aromatic carbocycles. The van der Waals surface area contributed by atoms with E-state index in [0.29, 0.717) is 17.9 Å². The van der Waals surface area contributed by atoms with E-state index in [9.17, 15) is 4.39 Å². The Hall–Kier alpha value is -1.57. The number of halogens is 1. The van der Waals surface area contributed by atoms with Gasteiger partial charge in [-0.2, -0.15) is 0 Å². The minimum Gasteiger partial charge on any atom is -0.491 e. The number of ether oxygens (including phenoxy) is 2. The van der Waals surface area contributed by atoms with Crippen LogP contribution in [0.25, 0.3) is 0 Å². The van der Waals surface area contributed by atoms with Gasteiger partial charge in [0.05, 0.1) is 12.6 Å². The van der Waals surface area contributed by atoms with Crippen molar-refractivity contribution in [1.82, 2.24) is 0 Å². The number of hydrogen-bond acceptors (Lipinski definition) is 3. The summed E-state index contributed by atoms with van der Waals surface area (Å²) in [5, 5.41) is 0. The quantitative estimate of drug-likeness (QED) is 0.808. The lowest BCUT2D eigenvalue weighted by Gasteiger charge is -2.11. The Kier molecular flexibility index (Phi) is 5.47. The lowest BCUT2D eigenvalue weighted by molar-refractivity contribution is 0.0715. The van der Waals surface area contributed by atoms with Gasteiger partial charge in [0.15, 0.2) is 0 Å². The van der Waals surface area contributed by atoms with Gasteiger partial charge in [-0.05, 0) is 19.1 Å². The summed E-state index contributed by atoms with van der Waals surface area (Å²) in [5.74, 6) is 5.49. The van der Waals surface area contributed by atoms with Crippen molar-refractivity contribution in [3.63, 3.8) is 0 Å². The molecule has 0 aromatic heterocycles. The first kappa shape index (κ1) is 13.5. The molecule has 0 aliphatic heterocycles. The van der Waals surface area contributed by atoms with Crippen LogP contribution in [0.2, 0.25) is 0 Å². The van der Waals surface area contributed by atoms with Crippen LogP contribution in [-0.2, 0) is 4.74 Å². The number of hydrogen-bond donors (Lipinski definition) is 1. The average molecular weight is 237 g/mol. The van der Waals surface area contributed by atoms with E-state index in [1.54, 1.807) is 13.2 Å². The van der Waals surface area contributed by atoms with Crippen LogP contribution < -0.4 is 10.5 Å². The third kappa shape index (κ3) is 4.85. The lowest BCUT2D eigenvalue weighted by atomic mass is 10.2. The molecule has 0 spiro atoms. The highest BCUT2D eigenvalue weighted by atomic mass is 19.1. The van der Waals surface area contributed by atoms with E-state index in [1.807, 2.05) is 6.92 Å². The van der Waals surface area contributed by atoms with E-state index in [1.165, 1.54) is 12.1 Å². The van der Waals surface area contributed by atoms with Crippen molar-refractivity contribution in [2.75, 3.05) is 20.3 Å². The summed E-state index contributed by atoms with van der Waals surface area (Å²) in [5.41, 5.74) is 5.81. The zero-order valence-electron chi connectivity index (χ0n) is 10.00. The van der Waals surface area contributed by atoms with Crippen LogP contribution in [0.4, 0.5) is 4.39 Å². The molecule has 1 atom stereocenters. The van der Waals surface area contributed by atoms with E-state index in [0.717, 1.165) is 0 Å². The Labute approximate surface area is 101 Å². The zero-order chi connectivity index (χ0) is 12.7. The van der Waals surface area contributed by atoms with Crippen LogP contribution in [0.1, 0.15) is 12.5 Å². The fourth-order valence-corrected chi connectivity index (χ4v) is 1.15. The van der Waals surface area contributed by atoms with Gasteiger partial charge in [-0.1, -0.05) is 11.8 Å². The van der Waals surface area contributed by atoms with E-state index < -0.39 is 0 Å². The van der Waals surface area contributed by atoms with Crippen molar-refractivity contribution in [2.24, 2.45) is 5.73 Å². The Morgan fingerprint density at radius 1 is 1.41 bits per heavy atom. The number of methoxy groups -OCH3 is 1. The van der Waals surface area contributed by atoms with Crippen LogP contribution in [0, 0.1) is 17.7 Å². The molecule has 0 heterocycles. The maximum atomic E-state index is 13.3. The third-order valence-corrected chi connectivity index (χ3v) is 2.09. The Morgan fingerprint density at radius 3 is 2.82 bits per heavy atom. The molecule has 0 aliphatic carbocycles. The first-order chi connectivity index (χ1) is 8.15. The first-order valence-electron chi connectivity index (χ1n) is 5.31. The van der Waals surface area contributed by atoms with Crippen molar-refractivity contribution >= 4 is 0 Å². The number of nitrogens with two attached hydrogens (primary N) is 1. The molecule has 1 aromatic rings. The highest BCUT2D eigenvalue weighted by molar-refractivity contribution is 5.40. The molecule has 0 saturated heterocycles. The highest BCUT2D eigenvalue weighted by Crippen LogP contribution is 2.16. The Morgan fingerprint density at radius 2 is 2.18 bits per heavy atom. The van der Waals surface area contributed by atoms with Gasteiger partial charge in [0, 0.05) is 18.7 Å². The minimum atomic E-state index is -0.381. The summed E-state index contributed by atoms with van der Waals surface area (Å²) in [7, 11) is 1.59. The van der Waals surface area contributed by atoms with Crippen LogP contribution in [0.15, 0.2) is 18.2 Å². The van der Waals surface area contributed by atoms with E-state index in [4.69, 9.17) is 15.2 Å². The van der Waals surface area contributed by atoms with Gasteiger partial charge in [-0.15, -0.1) is 0 Å². The Balaban J connectivity index is 2.75. The van der Waals surface area contributed by atoms with Gasteiger partial charge in [-0.3, -0.25) is 0 Å². The average Bonchev–Trinajstić information content (AvgIpc) is 2.32. The number of benzene rings is 1. The number of rotatable bonds is 4. The van der Waals surface area contributed by atoms with Gasteiger partial charge in [0.1, 0.15) is 18.2 Å². The van der Waals surface area contributed by atoms with E-state index in [2.05, 4.69) is 11.8 Å². The second-order valence-electron chi connectivity index (χ2n) is 3.54. The van der Waals surface area contributed by atoms with Crippen LogP contribution in [0.3, 0.4) is 0 Å². The van der Waals surface area contributed by atoms with Gasteiger partial charge in [0.2, 0.25) is 0 Å². The summed E-state index contributed by atoms with van der Waals surface area (Å²) in [6, 6.07) is 4.33. The van der Waals surface area contributed by atoms with Gasteiger partial charge < -0.3 is 15.2 Å². The summed E-state index contributed by atoms with van der Waals surface area (Å²) in [4.78, 5) is 0. The molecule has 3 nitrogen and oxygen atoms in total. The van der Waals surface area contributed by atoms with Gasteiger partial charge in [-0.25, -0.2) is 4.39 Å². The molecule has 0 aliphatic rings. The van der Waals surface area contributed by atoms with E-state index >= 15 is 0 Å². The summed E-state index contributed by atoms with van der Waals surface area (Å²) in [6.07, 6.45) is -0.0446. The molecule has 2 N–H and O–H groups in total. The lowest BCUT2D eigenvalue weighted by Crippen LogP contribution is -2.16. The van der Waals surface area contributed by atoms with Gasteiger partial charge >= 0.3 is 0 Å². The zero-order valence-corrected chi connectivity index (χ0v) is 10.00. The second kappa shape index (κ2) is 6.89. The topological polar surface area (TPSA) is 44.5 Å². The standard InChI is InChI=1S/C13H16FNO2/c1-10(16-2)9-17-13-7-11(4-3-5-15)6-12(14)8-13/h6-8,10H,5,9,15H2,1-2H3. The van der Waals surface area contributed by atoms with E-state index in [-0.39, 0.29) is 18.5 Å². The molecular weight excluding hydrogens is 221 g/mol. The third-order valence-electron chi connectivity index (χ3n) is 2.09. The minimum absolute atomic E-state index is 0.0446. The van der Waals surface area contributed by atoms with Gasteiger partial charge in [0.25, 0.3) is 0 Å². The monoisotopic (exact) mass is 237 g/mol. The molecule has 92 valence electrons. The maximum Gasteiger partial charge on any atom is 0.128 e. The molecule has 0 saturated carbocycles. The smallest absolute Gasteiger partial charge is 0.128 e. The SMILES string of the molecule is COC(C)COc1cc(F)cc(C#CCN)c1. The molecule has 4 heteroatoms. The van der Waals surface area contributed by atoms with Crippen molar-refractivity contribution in [3.05, 3.63) is 29.6 Å². The summed E-state index contributed by atoms with van der Waals surface area (Å²) >= 11 is 0. The summed E-state index contributed by atoms with van der Waals surface area (Å²) in [6.45, 7) is 2.48. The van der Waals surface area contributed by atoms with Crippen molar-refractivity contribution in [2.45, 2.75) is 13.0 Å². The molecule has 0 bridgehead atoms. The Bertz CT molecular complexity index is 423. The maximum absolute atomic E-state index is 13.3. The first-order valence-corrected chi connectivity index (χ1v) is 5.31. The predicted octanol–water partition coefficient (Wildman–Crippen LogP) is 1.55. The predicted molar refractivity (Wildman–Crippen MR) is 64.3 cm³/mol. The normalized spacial score (nSPS) is 11.5.